The predicted molar refractivity (Wildman–Crippen MR) is 129 cm³/mol. The molecule has 2 aromatic carbocycles. The van der Waals surface area contributed by atoms with Crippen molar-refractivity contribution in [2.45, 2.75) is 32.2 Å². The van der Waals surface area contributed by atoms with Crippen molar-refractivity contribution in [2.24, 2.45) is 5.92 Å². The number of hydrogen-bond donors (Lipinski definition) is 1. The number of benzene rings is 2. The lowest BCUT2D eigenvalue weighted by atomic mass is 10.0. The fourth-order valence-corrected chi connectivity index (χ4v) is 4.09. The molecule has 0 heterocycles. The van der Waals surface area contributed by atoms with Crippen LogP contribution in [0.2, 0.25) is 0 Å². The molecule has 0 radical (unpaired) electrons. The zero-order valence-electron chi connectivity index (χ0n) is 18.9. The van der Waals surface area contributed by atoms with Gasteiger partial charge in [-0.15, -0.1) is 0 Å². The summed E-state index contributed by atoms with van der Waals surface area (Å²) < 4.78 is 5.49. The van der Waals surface area contributed by atoms with Gasteiger partial charge in [0.1, 0.15) is 13.2 Å². The van der Waals surface area contributed by atoms with Crippen molar-refractivity contribution in [3.05, 3.63) is 82.9 Å². The highest BCUT2D eigenvalue weighted by atomic mass is 16.5. The lowest BCUT2D eigenvalue weighted by Crippen LogP contribution is -2.29. The number of fused-ring (bicyclic) bond motifs is 1. The van der Waals surface area contributed by atoms with E-state index in [1.165, 1.54) is 22.8 Å². The standard InChI is InChI=1S/C28H31NO4/c30-20-26(31)14-9-21-5-7-22(8-6-21)19-29(17-18-33-28(32)25-12-13-25)16-15-24-11-10-23-3-1-2-4-27(23)24/h1-9,11,14,25,30H,10,12-13,15-20H2/b14-9+. The third-order valence-electron chi connectivity index (χ3n) is 6.19. The van der Waals surface area contributed by atoms with Crippen LogP contribution < -0.4 is 0 Å². The summed E-state index contributed by atoms with van der Waals surface area (Å²) in [7, 11) is 0. The van der Waals surface area contributed by atoms with Crippen molar-refractivity contribution in [2.75, 3.05) is 26.3 Å². The Morgan fingerprint density at radius 3 is 2.61 bits per heavy atom. The monoisotopic (exact) mass is 445 g/mol. The summed E-state index contributed by atoms with van der Waals surface area (Å²) in [6.07, 6.45) is 9.30. The Kier molecular flexibility index (Phi) is 7.87. The Hall–Kier alpha value is -3.02. The van der Waals surface area contributed by atoms with Gasteiger partial charge in [0.05, 0.1) is 5.92 Å². The van der Waals surface area contributed by atoms with Gasteiger partial charge in [0.2, 0.25) is 0 Å². The van der Waals surface area contributed by atoms with Gasteiger partial charge in [-0.05, 0) is 59.6 Å². The number of aliphatic hydroxyl groups excluding tert-OH is 1. The second-order valence-corrected chi connectivity index (χ2v) is 8.76. The van der Waals surface area contributed by atoms with Crippen molar-refractivity contribution in [1.82, 2.24) is 4.90 Å². The lowest BCUT2D eigenvalue weighted by Gasteiger charge is -2.23. The summed E-state index contributed by atoms with van der Waals surface area (Å²) in [5.74, 6) is -0.248. The topological polar surface area (TPSA) is 66.8 Å². The molecule has 0 bridgehead atoms. The predicted octanol–water partition coefficient (Wildman–Crippen LogP) is 4.05. The maximum Gasteiger partial charge on any atom is 0.308 e. The second kappa shape index (κ2) is 11.2. The summed E-state index contributed by atoms with van der Waals surface area (Å²) in [5.41, 5.74) is 6.21. The molecule has 0 saturated heterocycles. The molecule has 2 aliphatic carbocycles. The molecule has 33 heavy (non-hydrogen) atoms. The molecule has 2 aromatic rings. The first-order chi connectivity index (χ1) is 16.1. The number of allylic oxidation sites excluding steroid dienone is 1. The van der Waals surface area contributed by atoms with Crippen molar-refractivity contribution in [3.63, 3.8) is 0 Å². The molecule has 0 aliphatic heterocycles. The molecule has 5 heteroatoms. The zero-order chi connectivity index (χ0) is 23.0. The van der Waals surface area contributed by atoms with Gasteiger partial charge < -0.3 is 9.84 Å². The highest BCUT2D eigenvalue weighted by Crippen LogP contribution is 2.31. The van der Waals surface area contributed by atoms with Gasteiger partial charge >= 0.3 is 5.97 Å². The van der Waals surface area contributed by atoms with Crippen molar-refractivity contribution >= 4 is 23.4 Å². The third kappa shape index (κ3) is 6.73. The van der Waals surface area contributed by atoms with Crippen molar-refractivity contribution < 1.29 is 19.4 Å². The smallest absolute Gasteiger partial charge is 0.308 e. The van der Waals surface area contributed by atoms with Gasteiger partial charge in [-0.25, -0.2) is 0 Å². The van der Waals surface area contributed by atoms with Gasteiger partial charge in [0, 0.05) is 19.6 Å². The van der Waals surface area contributed by atoms with E-state index in [0.717, 1.165) is 49.9 Å². The van der Waals surface area contributed by atoms with Crippen LogP contribution in [0, 0.1) is 5.92 Å². The van der Waals surface area contributed by atoms with Crippen LogP contribution in [0.3, 0.4) is 0 Å². The molecule has 1 N–H and O–H groups in total. The summed E-state index contributed by atoms with van der Waals surface area (Å²) in [4.78, 5) is 25.5. The number of carbonyl (C=O) groups excluding carboxylic acids is 2. The number of rotatable bonds is 12. The molecule has 5 nitrogen and oxygen atoms in total. The normalized spacial score (nSPS) is 15.0. The first-order valence-electron chi connectivity index (χ1n) is 11.7. The molecule has 4 rings (SSSR count). The third-order valence-corrected chi connectivity index (χ3v) is 6.19. The van der Waals surface area contributed by atoms with E-state index in [9.17, 15) is 9.59 Å². The van der Waals surface area contributed by atoms with E-state index in [1.807, 2.05) is 12.1 Å². The first-order valence-corrected chi connectivity index (χ1v) is 11.7. The molecular formula is C28H31NO4. The van der Waals surface area contributed by atoms with Gasteiger partial charge in [0.15, 0.2) is 5.78 Å². The van der Waals surface area contributed by atoms with E-state index in [1.54, 1.807) is 6.08 Å². The van der Waals surface area contributed by atoms with E-state index >= 15 is 0 Å². The summed E-state index contributed by atoms with van der Waals surface area (Å²) in [6.45, 7) is 2.27. The molecule has 0 spiro atoms. The Morgan fingerprint density at radius 2 is 1.85 bits per heavy atom. The van der Waals surface area contributed by atoms with E-state index in [0.29, 0.717) is 13.2 Å². The fourth-order valence-electron chi connectivity index (χ4n) is 4.09. The van der Waals surface area contributed by atoms with Crippen LogP contribution in [0.5, 0.6) is 0 Å². The minimum Gasteiger partial charge on any atom is -0.464 e. The number of aliphatic hydroxyl groups is 1. The Labute approximate surface area is 195 Å². The minimum atomic E-state index is -0.476. The maximum atomic E-state index is 11.9. The van der Waals surface area contributed by atoms with Gasteiger partial charge in [-0.3, -0.25) is 14.5 Å². The second-order valence-electron chi connectivity index (χ2n) is 8.76. The van der Waals surface area contributed by atoms with Gasteiger partial charge in [-0.2, -0.15) is 0 Å². The SMILES string of the molecule is O=C(/C=C/c1ccc(CN(CCOC(=O)C2CC2)CCC2=CCc3ccccc32)cc1)CO. The Morgan fingerprint density at radius 1 is 1.06 bits per heavy atom. The Bertz CT molecular complexity index is 1030. The molecule has 1 fully saturated rings. The highest BCUT2D eigenvalue weighted by Gasteiger charge is 2.31. The number of nitrogens with zero attached hydrogens (tertiary/aromatic N) is 1. The highest BCUT2D eigenvalue weighted by molar-refractivity contribution is 5.94. The number of ketones is 1. The minimum absolute atomic E-state index is 0.0593. The van der Waals surface area contributed by atoms with Crippen LogP contribution >= 0.6 is 0 Å². The van der Waals surface area contributed by atoms with Crippen molar-refractivity contribution in [1.29, 1.82) is 0 Å². The van der Waals surface area contributed by atoms with Crippen LogP contribution in [-0.2, 0) is 27.3 Å². The number of hydrogen-bond acceptors (Lipinski definition) is 5. The average molecular weight is 446 g/mol. The maximum absolute atomic E-state index is 11.9. The molecule has 172 valence electrons. The largest absolute Gasteiger partial charge is 0.464 e. The lowest BCUT2D eigenvalue weighted by molar-refractivity contribution is -0.145. The molecule has 0 amide bonds. The van der Waals surface area contributed by atoms with Crippen LogP contribution in [0.15, 0.2) is 60.7 Å². The molecule has 1 saturated carbocycles. The fraction of sp³-hybridized carbons (Fsp3) is 0.357. The van der Waals surface area contributed by atoms with Gasteiger partial charge in [0.25, 0.3) is 0 Å². The molecule has 0 aromatic heterocycles. The molecule has 0 atom stereocenters. The number of ether oxygens (including phenoxy) is 1. The van der Waals surface area contributed by atoms with Crippen LogP contribution in [0.4, 0.5) is 0 Å². The van der Waals surface area contributed by atoms with Crippen LogP contribution in [0.1, 0.15) is 41.5 Å². The Balaban J connectivity index is 1.36. The van der Waals surface area contributed by atoms with E-state index in [2.05, 4.69) is 47.4 Å². The van der Waals surface area contributed by atoms with E-state index < -0.39 is 6.61 Å². The van der Waals surface area contributed by atoms with Crippen LogP contribution in [0.25, 0.3) is 11.6 Å². The molecule has 2 aliphatic rings. The summed E-state index contributed by atoms with van der Waals surface area (Å²) in [6, 6.07) is 16.6. The summed E-state index contributed by atoms with van der Waals surface area (Å²) >= 11 is 0. The first kappa shape index (κ1) is 23.1. The summed E-state index contributed by atoms with van der Waals surface area (Å²) in [5, 5.41) is 8.84. The average Bonchev–Trinajstić information content (AvgIpc) is 3.62. The molecule has 0 unspecified atom stereocenters. The van der Waals surface area contributed by atoms with E-state index in [4.69, 9.17) is 9.84 Å². The number of esters is 1. The zero-order valence-corrected chi connectivity index (χ0v) is 18.9. The van der Waals surface area contributed by atoms with Crippen molar-refractivity contribution in [3.8, 4) is 0 Å². The van der Waals surface area contributed by atoms with Crippen LogP contribution in [-0.4, -0.2) is 48.1 Å². The number of carbonyl (C=O) groups is 2. The quantitative estimate of drug-likeness (QED) is 0.394. The van der Waals surface area contributed by atoms with E-state index in [-0.39, 0.29) is 17.7 Å². The molecular weight excluding hydrogens is 414 g/mol. The van der Waals surface area contributed by atoms with Gasteiger partial charge in [-0.1, -0.05) is 60.7 Å².